The van der Waals surface area contributed by atoms with Gasteiger partial charge in [0.2, 0.25) is 0 Å². The van der Waals surface area contributed by atoms with Crippen LogP contribution in [0.25, 0.3) is 0 Å². The zero-order chi connectivity index (χ0) is 8.28. The second-order valence-electron chi connectivity index (χ2n) is 3.86. The fraction of sp³-hybridized carbons (Fsp3) is 0.857. The van der Waals surface area contributed by atoms with Gasteiger partial charge in [-0.15, -0.1) is 12.4 Å². The SMILES string of the molecule is Cl.NC(C(=O)O)C12CC(F)(C1)C2. The van der Waals surface area contributed by atoms with Crippen molar-refractivity contribution in [1.82, 2.24) is 0 Å². The average Bonchev–Trinajstić information content (AvgIpc) is 1.77. The average molecular weight is 196 g/mol. The summed E-state index contributed by atoms with van der Waals surface area (Å²) in [6.45, 7) is 0. The second kappa shape index (κ2) is 2.33. The molecule has 5 heteroatoms. The second-order valence-corrected chi connectivity index (χ2v) is 3.86. The molecule has 0 aliphatic heterocycles. The highest BCUT2D eigenvalue weighted by Gasteiger charge is 2.72. The Balaban J connectivity index is 0.000000720. The van der Waals surface area contributed by atoms with E-state index in [4.69, 9.17) is 10.8 Å². The largest absolute Gasteiger partial charge is 0.480 e. The summed E-state index contributed by atoms with van der Waals surface area (Å²) in [4.78, 5) is 10.4. The van der Waals surface area contributed by atoms with Crippen molar-refractivity contribution in [3.8, 4) is 0 Å². The molecule has 0 amide bonds. The lowest BCUT2D eigenvalue weighted by atomic mass is 9.40. The van der Waals surface area contributed by atoms with Crippen LogP contribution >= 0.6 is 12.4 Å². The molecule has 3 aliphatic carbocycles. The molecule has 3 aliphatic rings. The van der Waals surface area contributed by atoms with Crippen LogP contribution in [0.5, 0.6) is 0 Å². The Labute approximate surface area is 75.5 Å². The number of hydrogen-bond acceptors (Lipinski definition) is 2. The van der Waals surface area contributed by atoms with Gasteiger partial charge in [-0.1, -0.05) is 0 Å². The Bertz CT molecular complexity index is 214. The molecule has 3 rings (SSSR count). The molecule has 12 heavy (non-hydrogen) atoms. The quantitative estimate of drug-likeness (QED) is 0.682. The van der Waals surface area contributed by atoms with Crippen molar-refractivity contribution in [2.75, 3.05) is 0 Å². The van der Waals surface area contributed by atoms with Crippen LogP contribution in [0.3, 0.4) is 0 Å². The van der Waals surface area contributed by atoms with Crippen molar-refractivity contribution in [3.63, 3.8) is 0 Å². The van der Waals surface area contributed by atoms with Crippen LogP contribution in [-0.2, 0) is 4.79 Å². The van der Waals surface area contributed by atoms with E-state index in [0.29, 0.717) is 19.3 Å². The van der Waals surface area contributed by atoms with Gasteiger partial charge < -0.3 is 10.8 Å². The van der Waals surface area contributed by atoms with Crippen LogP contribution in [0.2, 0.25) is 0 Å². The predicted octanol–water partition coefficient (Wildman–Crippen LogP) is 0.712. The van der Waals surface area contributed by atoms with E-state index < -0.39 is 17.7 Å². The summed E-state index contributed by atoms with van der Waals surface area (Å²) in [6.07, 6.45) is 1.06. The van der Waals surface area contributed by atoms with Gasteiger partial charge in [0.05, 0.1) is 0 Å². The Hall–Kier alpha value is -0.350. The smallest absolute Gasteiger partial charge is 0.321 e. The number of rotatable bonds is 2. The van der Waals surface area contributed by atoms with Crippen molar-refractivity contribution in [2.45, 2.75) is 31.0 Å². The minimum absolute atomic E-state index is 0. The summed E-state index contributed by atoms with van der Waals surface area (Å²) in [6, 6.07) is -0.861. The van der Waals surface area contributed by atoms with Gasteiger partial charge >= 0.3 is 5.97 Å². The Morgan fingerprint density at radius 2 is 1.92 bits per heavy atom. The molecule has 0 aromatic heterocycles. The van der Waals surface area contributed by atoms with Gasteiger partial charge in [-0.25, -0.2) is 4.39 Å². The summed E-state index contributed by atoms with van der Waals surface area (Å²) >= 11 is 0. The summed E-state index contributed by atoms with van der Waals surface area (Å²) in [5.41, 5.74) is 3.95. The normalized spacial score (nSPS) is 44.8. The maximum absolute atomic E-state index is 12.9. The first-order valence-corrected chi connectivity index (χ1v) is 3.65. The molecular weight excluding hydrogens is 185 g/mol. The minimum atomic E-state index is -1.05. The fourth-order valence-corrected chi connectivity index (χ4v) is 2.33. The molecule has 0 heterocycles. The van der Waals surface area contributed by atoms with E-state index in [0.717, 1.165) is 0 Å². The first-order valence-electron chi connectivity index (χ1n) is 3.65. The maximum Gasteiger partial charge on any atom is 0.321 e. The molecule has 0 aromatic rings. The monoisotopic (exact) mass is 195 g/mol. The van der Waals surface area contributed by atoms with E-state index in [1.54, 1.807) is 0 Å². The maximum atomic E-state index is 12.9. The van der Waals surface area contributed by atoms with E-state index in [9.17, 15) is 9.18 Å². The van der Waals surface area contributed by atoms with Gasteiger partial charge in [0.1, 0.15) is 11.7 Å². The zero-order valence-corrected chi connectivity index (χ0v) is 7.23. The van der Waals surface area contributed by atoms with Crippen LogP contribution in [0.4, 0.5) is 4.39 Å². The van der Waals surface area contributed by atoms with Gasteiger partial charge in [0.15, 0.2) is 0 Å². The van der Waals surface area contributed by atoms with Gasteiger partial charge in [-0.05, 0) is 19.3 Å². The molecule has 0 spiro atoms. The number of hydrogen-bond donors (Lipinski definition) is 2. The van der Waals surface area contributed by atoms with Gasteiger partial charge in [0, 0.05) is 5.41 Å². The number of halogens is 2. The van der Waals surface area contributed by atoms with Gasteiger partial charge in [0.25, 0.3) is 0 Å². The number of alkyl halides is 1. The molecule has 1 unspecified atom stereocenters. The topological polar surface area (TPSA) is 63.3 Å². The third-order valence-electron chi connectivity index (χ3n) is 2.93. The summed E-state index contributed by atoms with van der Waals surface area (Å²) in [5, 5.41) is 8.54. The highest BCUT2D eigenvalue weighted by molar-refractivity contribution is 5.85. The van der Waals surface area contributed by atoms with Gasteiger partial charge in [-0.2, -0.15) is 0 Å². The highest BCUT2D eigenvalue weighted by atomic mass is 35.5. The fourth-order valence-electron chi connectivity index (χ4n) is 2.33. The third-order valence-corrected chi connectivity index (χ3v) is 2.93. The number of nitrogens with two attached hydrogens (primary N) is 1. The number of carbonyl (C=O) groups is 1. The third kappa shape index (κ3) is 0.944. The number of carboxylic acid groups (broad SMARTS) is 1. The van der Waals surface area contributed by atoms with E-state index in [1.165, 1.54) is 0 Å². The lowest BCUT2D eigenvalue weighted by Crippen LogP contribution is -2.72. The van der Waals surface area contributed by atoms with Crippen molar-refractivity contribution >= 4 is 18.4 Å². The van der Waals surface area contributed by atoms with Crippen molar-refractivity contribution in [1.29, 1.82) is 0 Å². The molecular formula is C7H11ClFNO2. The van der Waals surface area contributed by atoms with Crippen LogP contribution in [0.1, 0.15) is 19.3 Å². The summed E-state index contributed by atoms with van der Waals surface area (Å²) in [7, 11) is 0. The molecule has 1 atom stereocenters. The molecule has 70 valence electrons. The van der Waals surface area contributed by atoms with Crippen molar-refractivity contribution < 1.29 is 14.3 Å². The molecule has 3 fully saturated rings. The zero-order valence-electron chi connectivity index (χ0n) is 6.42. The molecule has 2 bridgehead atoms. The predicted molar refractivity (Wildman–Crippen MR) is 43.0 cm³/mol. The molecule has 3 N–H and O–H groups in total. The van der Waals surface area contributed by atoms with Crippen LogP contribution in [-0.4, -0.2) is 22.8 Å². The summed E-state index contributed by atoms with van der Waals surface area (Å²) < 4.78 is 12.9. The summed E-state index contributed by atoms with van der Waals surface area (Å²) in [5.74, 6) is -1.01. The number of aliphatic carboxylic acids is 1. The molecule has 0 saturated heterocycles. The van der Waals surface area contributed by atoms with Crippen LogP contribution in [0, 0.1) is 5.41 Å². The molecule has 3 saturated carbocycles. The van der Waals surface area contributed by atoms with E-state index in [-0.39, 0.29) is 17.8 Å². The van der Waals surface area contributed by atoms with Gasteiger partial charge in [-0.3, -0.25) is 4.79 Å². The van der Waals surface area contributed by atoms with E-state index in [2.05, 4.69) is 0 Å². The minimum Gasteiger partial charge on any atom is -0.480 e. The molecule has 3 nitrogen and oxygen atoms in total. The van der Waals surface area contributed by atoms with Crippen LogP contribution in [0.15, 0.2) is 0 Å². The van der Waals surface area contributed by atoms with E-state index in [1.807, 2.05) is 0 Å². The Morgan fingerprint density at radius 1 is 1.50 bits per heavy atom. The highest BCUT2D eigenvalue weighted by Crippen LogP contribution is 2.70. The number of carboxylic acids is 1. The Morgan fingerprint density at radius 3 is 2.17 bits per heavy atom. The lowest BCUT2D eigenvalue weighted by Gasteiger charge is -2.67. The first kappa shape index (κ1) is 9.74. The molecule has 0 aromatic carbocycles. The lowest BCUT2D eigenvalue weighted by molar-refractivity contribution is -0.227. The van der Waals surface area contributed by atoms with Crippen LogP contribution < -0.4 is 5.73 Å². The van der Waals surface area contributed by atoms with E-state index >= 15 is 0 Å². The molecule has 0 radical (unpaired) electrons. The standard InChI is InChI=1S/C7H10FNO2.ClH/c8-7-1-6(2-7,3-7)4(9)5(10)11;/h4H,1-3,9H2,(H,10,11);1H. The Kier molecular flexibility index (Phi) is 1.89. The van der Waals surface area contributed by atoms with Crippen molar-refractivity contribution in [3.05, 3.63) is 0 Å². The van der Waals surface area contributed by atoms with Crippen molar-refractivity contribution in [2.24, 2.45) is 11.1 Å². The first-order chi connectivity index (χ1) is 4.98.